The van der Waals surface area contributed by atoms with Crippen molar-refractivity contribution in [1.29, 1.82) is 0 Å². The highest BCUT2D eigenvalue weighted by Crippen LogP contribution is 2.25. The third kappa shape index (κ3) is 3.88. The lowest BCUT2D eigenvalue weighted by Crippen LogP contribution is -2.45. The summed E-state index contributed by atoms with van der Waals surface area (Å²) in [4.78, 5) is 13.4. The van der Waals surface area contributed by atoms with Gasteiger partial charge >= 0.3 is 0 Å². The van der Waals surface area contributed by atoms with Crippen LogP contribution in [0.3, 0.4) is 0 Å². The maximum absolute atomic E-state index is 11.3. The minimum Gasteiger partial charge on any atom is -0.350 e. The quantitative estimate of drug-likeness (QED) is 0.799. The van der Waals surface area contributed by atoms with E-state index in [0.29, 0.717) is 0 Å². The van der Waals surface area contributed by atoms with E-state index >= 15 is 0 Å². The van der Waals surface area contributed by atoms with E-state index in [-0.39, 0.29) is 5.60 Å². The number of fused-ring (bicyclic) bond motifs is 1. The smallest absolute Gasteiger partial charge is 0.168 e. The van der Waals surface area contributed by atoms with Crippen molar-refractivity contribution in [3.63, 3.8) is 0 Å². The Labute approximate surface area is 123 Å². The van der Waals surface area contributed by atoms with Crippen LogP contribution in [0.15, 0.2) is 22.7 Å². The topological polar surface area (TPSA) is 29.5 Å². The fraction of sp³-hybridized carbons (Fsp3) is 0.533. The first-order chi connectivity index (χ1) is 8.89. The number of benzene rings is 1. The molecule has 3 nitrogen and oxygen atoms in total. The maximum atomic E-state index is 11.3. The third-order valence-corrected chi connectivity index (χ3v) is 3.65. The summed E-state index contributed by atoms with van der Waals surface area (Å²) in [5.74, 6) is 0. The highest BCUT2D eigenvalue weighted by Gasteiger charge is 2.27. The highest BCUT2D eigenvalue weighted by molar-refractivity contribution is 9.10. The number of nitrogens with zero attached hydrogens (tertiary/aromatic N) is 1. The van der Waals surface area contributed by atoms with Crippen molar-refractivity contribution in [3.05, 3.63) is 33.8 Å². The Balaban J connectivity index is 2.13. The Bertz CT molecular complexity index is 468. The number of carbonyl (C=O) groups excluding carboxylic acids is 1. The average Bonchev–Trinajstić information content (AvgIpc) is 2.34. The third-order valence-electron chi connectivity index (χ3n) is 3.16. The highest BCUT2D eigenvalue weighted by atomic mass is 79.9. The fourth-order valence-corrected chi connectivity index (χ4v) is 2.72. The Morgan fingerprint density at radius 1 is 1.37 bits per heavy atom. The van der Waals surface area contributed by atoms with Crippen molar-refractivity contribution in [3.8, 4) is 0 Å². The molecule has 0 aromatic heterocycles. The van der Waals surface area contributed by atoms with Crippen molar-refractivity contribution >= 4 is 22.2 Å². The molecule has 0 bridgehead atoms. The van der Waals surface area contributed by atoms with Gasteiger partial charge in [0.05, 0.1) is 5.60 Å². The molecule has 19 heavy (non-hydrogen) atoms. The molecule has 0 radical (unpaired) electrons. The number of hydrogen-bond acceptors (Lipinski definition) is 3. The van der Waals surface area contributed by atoms with Crippen LogP contribution >= 0.6 is 15.9 Å². The van der Waals surface area contributed by atoms with Gasteiger partial charge in [0.1, 0.15) is 0 Å². The van der Waals surface area contributed by atoms with E-state index in [1.165, 1.54) is 11.1 Å². The number of aldehydes is 1. The second kappa shape index (κ2) is 5.73. The first kappa shape index (κ1) is 14.7. The zero-order chi connectivity index (χ0) is 14.0. The molecule has 0 N–H and O–H groups in total. The molecule has 1 heterocycles. The summed E-state index contributed by atoms with van der Waals surface area (Å²) in [6.07, 6.45) is 1.39. The van der Waals surface area contributed by atoms with E-state index in [9.17, 15) is 4.79 Å². The van der Waals surface area contributed by atoms with E-state index in [2.05, 4.69) is 39.0 Å². The fourth-order valence-electron chi connectivity index (χ4n) is 2.32. The summed E-state index contributed by atoms with van der Waals surface area (Å²) < 4.78 is 6.89. The van der Waals surface area contributed by atoms with Gasteiger partial charge in [-0.1, -0.05) is 22.0 Å². The molecule has 104 valence electrons. The predicted molar refractivity (Wildman–Crippen MR) is 78.9 cm³/mol. The van der Waals surface area contributed by atoms with Crippen LogP contribution in [0.4, 0.5) is 0 Å². The molecule has 0 aliphatic carbocycles. The van der Waals surface area contributed by atoms with Crippen molar-refractivity contribution < 1.29 is 9.53 Å². The van der Waals surface area contributed by atoms with Crippen LogP contribution in [0.5, 0.6) is 0 Å². The molecule has 2 rings (SSSR count). The first-order valence-corrected chi connectivity index (χ1v) is 7.33. The molecule has 0 fully saturated rings. The summed E-state index contributed by atoms with van der Waals surface area (Å²) >= 11 is 3.49. The number of carbonyl (C=O) groups is 1. The summed E-state index contributed by atoms with van der Waals surface area (Å²) in [7, 11) is 0. The second-order valence-corrected chi connectivity index (χ2v) is 6.81. The lowest BCUT2D eigenvalue weighted by Gasteiger charge is -2.36. The Hall–Kier alpha value is -0.710. The zero-order valence-corrected chi connectivity index (χ0v) is 13.2. The van der Waals surface area contributed by atoms with Crippen LogP contribution in [-0.4, -0.2) is 29.6 Å². The second-order valence-electron chi connectivity index (χ2n) is 5.89. The normalized spacial score (nSPS) is 17.9. The summed E-state index contributed by atoms with van der Waals surface area (Å²) in [5.41, 5.74) is 2.31. The Morgan fingerprint density at radius 2 is 2.11 bits per heavy atom. The lowest BCUT2D eigenvalue weighted by molar-refractivity contribution is -0.154. The van der Waals surface area contributed by atoms with Crippen molar-refractivity contribution in [2.45, 2.75) is 45.6 Å². The SMILES string of the molecule is CC(C)(C)OC(C=O)N1CCc2ccc(Br)cc2C1. The monoisotopic (exact) mass is 325 g/mol. The molecule has 1 aliphatic heterocycles. The number of rotatable bonds is 3. The van der Waals surface area contributed by atoms with Gasteiger partial charge in [-0.3, -0.25) is 9.69 Å². The van der Waals surface area contributed by atoms with Crippen LogP contribution in [0.1, 0.15) is 31.9 Å². The van der Waals surface area contributed by atoms with Gasteiger partial charge in [0.25, 0.3) is 0 Å². The molecule has 1 unspecified atom stereocenters. The molecule has 0 saturated heterocycles. The molecule has 0 saturated carbocycles. The van der Waals surface area contributed by atoms with Crippen LogP contribution < -0.4 is 0 Å². The Kier molecular flexibility index (Phi) is 4.43. The van der Waals surface area contributed by atoms with Crippen molar-refractivity contribution in [1.82, 2.24) is 4.90 Å². The molecule has 4 heteroatoms. The Morgan fingerprint density at radius 3 is 2.74 bits per heavy atom. The number of halogens is 1. The molecule has 0 amide bonds. The summed E-state index contributed by atoms with van der Waals surface area (Å²) in [5, 5.41) is 0. The van der Waals surface area contributed by atoms with Crippen LogP contribution in [-0.2, 0) is 22.5 Å². The molecule has 1 aromatic carbocycles. The molecule has 0 spiro atoms. The molecule has 1 aliphatic rings. The zero-order valence-electron chi connectivity index (χ0n) is 11.6. The minimum atomic E-state index is -0.466. The van der Waals surface area contributed by atoms with Crippen LogP contribution in [0.25, 0.3) is 0 Å². The van der Waals surface area contributed by atoms with Gasteiger partial charge in [-0.15, -0.1) is 0 Å². The van der Waals surface area contributed by atoms with Gasteiger partial charge in [0.15, 0.2) is 12.5 Å². The van der Waals surface area contributed by atoms with Gasteiger partial charge in [-0.2, -0.15) is 0 Å². The molecule has 1 aromatic rings. The van der Waals surface area contributed by atoms with E-state index in [1.807, 2.05) is 20.8 Å². The van der Waals surface area contributed by atoms with Gasteiger partial charge < -0.3 is 4.74 Å². The van der Waals surface area contributed by atoms with Crippen LogP contribution in [0, 0.1) is 0 Å². The van der Waals surface area contributed by atoms with Crippen molar-refractivity contribution in [2.24, 2.45) is 0 Å². The van der Waals surface area contributed by atoms with Gasteiger partial charge in [-0.05, 0) is 50.5 Å². The molecule has 1 atom stereocenters. The van der Waals surface area contributed by atoms with Gasteiger partial charge in [-0.25, -0.2) is 0 Å². The van der Waals surface area contributed by atoms with Gasteiger partial charge in [0.2, 0.25) is 0 Å². The summed E-state index contributed by atoms with van der Waals surface area (Å²) in [6.45, 7) is 7.52. The van der Waals surface area contributed by atoms with E-state index in [4.69, 9.17) is 4.74 Å². The predicted octanol–water partition coefficient (Wildman–Crippen LogP) is 3.15. The first-order valence-electron chi connectivity index (χ1n) is 6.53. The van der Waals surface area contributed by atoms with Gasteiger partial charge in [0, 0.05) is 17.6 Å². The summed E-state index contributed by atoms with van der Waals surface area (Å²) in [6, 6.07) is 6.34. The largest absolute Gasteiger partial charge is 0.350 e. The van der Waals surface area contributed by atoms with Crippen LogP contribution in [0.2, 0.25) is 0 Å². The number of ether oxygens (including phenoxy) is 1. The van der Waals surface area contributed by atoms with E-state index in [0.717, 1.165) is 30.3 Å². The average molecular weight is 326 g/mol. The number of hydrogen-bond donors (Lipinski definition) is 0. The molecular weight excluding hydrogens is 306 g/mol. The van der Waals surface area contributed by atoms with E-state index in [1.54, 1.807) is 0 Å². The van der Waals surface area contributed by atoms with E-state index < -0.39 is 6.23 Å². The minimum absolute atomic E-state index is 0.316. The lowest BCUT2D eigenvalue weighted by atomic mass is 10.00. The van der Waals surface area contributed by atoms with Crippen molar-refractivity contribution in [2.75, 3.05) is 6.54 Å². The standard InChI is InChI=1S/C15H20BrNO2/c1-15(2,3)19-14(10-18)17-7-6-11-4-5-13(16)8-12(11)9-17/h4-5,8,10,14H,6-7,9H2,1-3H3. The molecular formula is C15H20BrNO2. The maximum Gasteiger partial charge on any atom is 0.168 e.